The quantitative estimate of drug-likeness (QED) is 0.637. The maximum Gasteiger partial charge on any atom is 0.150 e. The maximum absolute atomic E-state index is 11.0. The van der Waals surface area contributed by atoms with Crippen molar-refractivity contribution in [3.63, 3.8) is 0 Å². The summed E-state index contributed by atoms with van der Waals surface area (Å²) in [5, 5.41) is 0. The molecule has 0 aromatic carbocycles. The van der Waals surface area contributed by atoms with Crippen LogP contribution in [0.5, 0.6) is 0 Å². The number of allylic oxidation sites excluding steroid dienone is 1. The van der Waals surface area contributed by atoms with Crippen LogP contribution in [0.3, 0.4) is 0 Å². The standard InChI is InChI=1S/C8H15NO2S/c1-7(9)2-3-8-4-5-12(10,11)6-8/h2-3,7-8H,4-6,9H2,1H3/b3-2+. The van der Waals surface area contributed by atoms with Gasteiger partial charge < -0.3 is 5.73 Å². The van der Waals surface area contributed by atoms with Gasteiger partial charge in [-0.3, -0.25) is 0 Å². The molecule has 1 aliphatic rings. The van der Waals surface area contributed by atoms with Crippen LogP contribution in [-0.4, -0.2) is 26.0 Å². The van der Waals surface area contributed by atoms with Crippen LogP contribution in [0.25, 0.3) is 0 Å². The fourth-order valence-electron chi connectivity index (χ4n) is 1.31. The number of sulfone groups is 1. The Kier molecular flexibility index (Phi) is 2.90. The average molecular weight is 189 g/mol. The first-order chi connectivity index (χ1) is 5.49. The highest BCUT2D eigenvalue weighted by Crippen LogP contribution is 2.19. The molecule has 1 rings (SSSR count). The highest BCUT2D eigenvalue weighted by molar-refractivity contribution is 7.91. The lowest BCUT2D eigenvalue weighted by atomic mass is 10.1. The highest BCUT2D eigenvalue weighted by Gasteiger charge is 2.25. The van der Waals surface area contributed by atoms with E-state index < -0.39 is 9.84 Å². The molecule has 0 aliphatic carbocycles. The summed E-state index contributed by atoms with van der Waals surface area (Å²) in [6.45, 7) is 1.87. The van der Waals surface area contributed by atoms with Crippen LogP contribution in [0.1, 0.15) is 13.3 Å². The second-order valence-corrected chi connectivity index (χ2v) is 5.64. The Labute approximate surface area is 73.6 Å². The summed E-state index contributed by atoms with van der Waals surface area (Å²) in [5.41, 5.74) is 5.50. The van der Waals surface area contributed by atoms with E-state index in [9.17, 15) is 8.42 Å². The third kappa shape index (κ3) is 2.95. The topological polar surface area (TPSA) is 60.2 Å². The highest BCUT2D eigenvalue weighted by atomic mass is 32.2. The molecule has 2 atom stereocenters. The second kappa shape index (κ2) is 3.58. The summed E-state index contributed by atoms with van der Waals surface area (Å²) < 4.78 is 22.0. The van der Waals surface area contributed by atoms with E-state index in [0.717, 1.165) is 6.42 Å². The zero-order valence-corrected chi connectivity index (χ0v) is 8.05. The molecule has 0 radical (unpaired) electrons. The predicted molar refractivity (Wildman–Crippen MR) is 49.6 cm³/mol. The van der Waals surface area contributed by atoms with E-state index in [1.807, 2.05) is 19.1 Å². The number of hydrogen-bond donors (Lipinski definition) is 1. The summed E-state index contributed by atoms with van der Waals surface area (Å²) in [6.07, 6.45) is 4.55. The predicted octanol–water partition coefficient (Wildman–Crippen LogP) is 0.325. The fraction of sp³-hybridized carbons (Fsp3) is 0.750. The smallest absolute Gasteiger partial charge is 0.150 e. The Hall–Kier alpha value is -0.350. The van der Waals surface area contributed by atoms with Crippen molar-refractivity contribution in [2.75, 3.05) is 11.5 Å². The molecule has 1 aliphatic heterocycles. The molecular formula is C8H15NO2S. The summed E-state index contributed by atoms with van der Waals surface area (Å²) in [4.78, 5) is 0. The lowest BCUT2D eigenvalue weighted by Gasteiger charge is -2.00. The molecule has 0 aromatic heterocycles. The molecule has 0 spiro atoms. The largest absolute Gasteiger partial charge is 0.325 e. The third-order valence-electron chi connectivity index (χ3n) is 1.95. The van der Waals surface area contributed by atoms with E-state index in [2.05, 4.69) is 0 Å². The Bertz CT molecular complexity index is 267. The zero-order chi connectivity index (χ0) is 9.19. The first-order valence-electron chi connectivity index (χ1n) is 4.14. The van der Waals surface area contributed by atoms with E-state index >= 15 is 0 Å². The molecule has 2 unspecified atom stereocenters. The molecule has 1 saturated heterocycles. The van der Waals surface area contributed by atoms with Gasteiger partial charge in [0.05, 0.1) is 11.5 Å². The minimum absolute atomic E-state index is 0.0216. The van der Waals surface area contributed by atoms with Crippen molar-refractivity contribution in [2.24, 2.45) is 11.7 Å². The first kappa shape index (κ1) is 9.74. The summed E-state index contributed by atoms with van der Waals surface area (Å²) in [6, 6.07) is 0.0216. The van der Waals surface area contributed by atoms with Gasteiger partial charge in [-0.05, 0) is 19.3 Å². The molecule has 4 heteroatoms. The van der Waals surface area contributed by atoms with Crippen LogP contribution in [0.4, 0.5) is 0 Å². The van der Waals surface area contributed by atoms with Crippen molar-refractivity contribution in [1.29, 1.82) is 0 Å². The van der Waals surface area contributed by atoms with Crippen molar-refractivity contribution in [2.45, 2.75) is 19.4 Å². The molecule has 70 valence electrons. The van der Waals surface area contributed by atoms with Crippen LogP contribution >= 0.6 is 0 Å². The van der Waals surface area contributed by atoms with Gasteiger partial charge in [-0.15, -0.1) is 0 Å². The molecular weight excluding hydrogens is 174 g/mol. The van der Waals surface area contributed by atoms with E-state index in [0.29, 0.717) is 11.5 Å². The minimum atomic E-state index is -2.74. The van der Waals surface area contributed by atoms with E-state index in [-0.39, 0.29) is 12.0 Å². The first-order valence-corrected chi connectivity index (χ1v) is 5.96. The lowest BCUT2D eigenvalue weighted by molar-refractivity contribution is 0.601. The summed E-state index contributed by atoms with van der Waals surface area (Å²) in [5.74, 6) is 0.831. The summed E-state index contributed by atoms with van der Waals surface area (Å²) >= 11 is 0. The Balaban J connectivity index is 2.49. The normalized spacial score (nSPS) is 31.0. The van der Waals surface area contributed by atoms with Crippen LogP contribution < -0.4 is 5.73 Å². The van der Waals surface area contributed by atoms with E-state index in [1.54, 1.807) is 0 Å². The molecule has 0 saturated carbocycles. The number of nitrogens with two attached hydrogens (primary N) is 1. The van der Waals surface area contributed by atoms with Gasteiger partial charge in [0, 0.05) is 6.04 Å². The Morgan fingerprint density at radius 1 is 1.58 bits per heavy atom. The van der Waals surface area contributed by atoms with Gasteiger partial charge in [-0.1, -0.05) is 12.2 Å². The van der Waals surface area contributed by atoms with Gasteiger partial charge in [0.1, 0.15) is 0 Å². The van der Waals surface area contributed by atoms with Crippen molar-refractivity contribution >= 4 is 9.84 Å². The van der Waals surface area contributed by atoms with Crippen LogP contribution in [0.2, 0.25) is 0 Å². The van der Waals surface area contributed by atoms with E-state index in [1.165, 1.54) is 0 Å². The van der Waals surface area contributed by atoms with Crippen LogP contribution in [-0.2, 0) is 9.84 Å². The molecule has 1 heterocycles. The van der Waals surface area contributed by atoms with Gasteiger partial charge in [-0.25, -0.2) is 8.42 Å². The number of rotatable bonds is 2. The van der Waals surface area contributed by atoms with Crippen LogP contribution in [0, 0.1) is 5.92 Å². The van der Waals surface area contributed by atoms with Gasteiger partial charge in [-0.2, -0.15) is 0 Å². The third-order valence-corrected chi connectivity index (χ3v) is 3.75. The van der Waals surface area contributed by atoms with Gasteiger partial charge >= 0.3 is 0 Å². The minimum Gasteiger partial charge on any atom is -0.325 e. The molecule has 12 heavy (non-hydrogen) atoms. The van der Waals surface area contributed by atoms with Gasteiger partial charge in [0.2, 0.25) is 0 Å². The summed E-state index contributed by atoms with van der Waals surface area (Å²) in [7, 11) is -2.74. The molecule has 0 aromatic rings. The Morgan fingerprint density at radius 2 is 2.25 bits per heavy atom. The molecule has 1 fully saturated rings. The average Bonchev–Trinajstić information content (AvgIpc) is 2.26. The van der Waals surface area contributed by atoms with Crippen molar-refractivity contribution in [3.05, 3.63) is 12.2 Å². The molecule has 2 N–H and O–H groups in total. The van der Waals surface area contributed by atoms with Crippen LogP contribution in [0.15, 0.2) is 12.2 Å². The molecule has 0 bridgehead atoms. The SMILES string of the molecule is CC(N)/C=C/C1CCS(=O)(=O)C1. The lowest BCUT2D eigenvalue weighted by Crippen LogP contribution is -2.11. The van der Waals surface area contributed by atoms with Crippen molar-refractivity contribution in [1.82, 2.24) is 0 Å². The van der Waals surface area contributed by atoms with Gasteiger partial charge in [0.25, 0.3) is 0 Å². The Morgan fingerprint density at radius 3 is 2.67 bits per heavy atom. The van der Waals surface area contributed by atoms with Gasteiger partial charge in [0.15, 0.2) is 9.84 Å². The number of hydrogen-bond acceptors (Lipinski definition) is 3. The molecule has 0 amide bonds. The van der Waals surface area contributed by atoms with E-state index in [4.69, 9.17) is 5.73 Å². The van der Waals surface area contributed by atoms with Crippen molar-refractivity contribution in [3.8, 4) is 0 Å². The van der Waals surface area contributed by atoms with Crippen molar-refractivity contribution < 1.29 is 8.42 Å². The fourth-order valence-corrected chi connectivity index (χ4v) is 3.07. The maximum atomic E-state index is 11.0. The second-order valence-electron chi connectivity index (χ2n) is 3.41. The molecule has 3 nitrogen and oxygen atoms in total. The zero-order valence-electron chi connectivity index (χ0n) is 7.23. The monoisotopic (exact) mass is 189 g/mol.